The maximum atomic E-state index is 12.8. The minimum Gasteiger partial charge on any atom is -0.321 e. The number of nitrogens with zero attached hydrogens (tertiary/aromatic N) is 3. The van der Waals surface area contributed by atoms with Crippen molar-refractivity contribution in [1.82, 2.24) is 14.7 Å². The Morgan fingerprint density at radius 2 is 1.96 bits per heavy atom. The van der Waals surface area contributed by atoms with Crippen molar-refractivity contribution in [2.45, 2.75) is 83.2 Å². The van der Waals surface area contributed by atoms with Gasteiger partial charge in [0, 0.05) is 36.8 Å². The van der Waals surface area contributed by atoms with E-state index in [0.29, 0.717) is 17.9 Å². The van der Waals surface area contributed by atoms with E-state index in [-0.39, 0.29) is 6.03 Å². The number of carbonyl (C=O) groups excluding carboxylic acids is 1. The summed E-state index contributed by atoms with van der Waals surface area (Å²) in [6, 6.07) is 2.61. The van der Waals surface area contributed by atoms with Gasteiger partial charge in [-0.25, -0.2) is 4.79 Å². The molecule has 3 saturated carbocycles. The average molecular weight is 330 g/mol. The first-order chi connectivity index (χ1) is 11.7. The third-order valence-corrected chi connectivity index (χ3v) is 5.77. The molecule has 0 spiro atoms. The highest BCUT2D eigenvalue weighted by atomic mass is 16.2. The minimum absolute atomic E-state index is 0.0613. The fourth-order valence-corrected chi connectivity index (χ4v) is 4.07. The molecule has 1 aromatic heterocycles. The minimum atomic E-state index is 0.0613. The molecule has 3 aliphatic carbocycles. The van der Waals surface area contributed by atoms with Crippen LogP contribution in [0.15, 0.2) is 6.07 Å². The molecule has 2 amide bonds. The Balaban J connectivity index is 1.41. The fraction of sp³-hybridized carbons (Fsp3) is 0.789. The van der Waals surface area contributed by atoms with Gasteiger partial charge in [-0.05, 0) is 51.4 Å². The summed E-state index contributed by atoms with van der Waals surface area (Å²) in [7, 11) is 0. The van der Waals surface area contributed by atoms with Crippen LogP contribution in [-0.2, 0) is 6.54 Å². The van der Waals surface area contributed by atoms with Crippen LogP contribution in [0.1, 0.15) is 76.3 Å². The van der Waals surface area contributed by atoms with Crippen molar-refractivity contribution >= 4 is 11.8 Å². The second-order valence-corrected chi connectivity index (χ2v) is 7.86. The van der Waals surface area contributed by atoms with Gasteiger partial charge in [0.25, 0.3) is 0 Å². The Morgan fingerprint density at radius 3 is 2.58 bits per heavy atom. The van der Waals surface area contributed by atoms with Gasteiger partial charge >= 0.3 is 6.03 Å². The monoisotopic (exact) mass is 330 g/mol. The van der Waals surface area contributed by atoms with E-state index in [1.165, 1.54) is 50.6 Å². The normalized spacial score (nSPS) is 21.7. The number of aromatic nitrogens is 2. The highest BCUT2D eigenvalue weighted by Crippen LogP contribution is 2.41. The van der Waals surface area contributed by atoms with Gasteiger partial charge in [-0.1, -0.05) is 19.3 Å². The molecule has 3 aliphatic rings. The van der Waals surface area contributed by atoms with E-state index < -0.39 is 0 Å². The molecule has 1 N–H and O–H groups in total. The van der Waals surface area contributed by atoms with Gasteiger partial charge in [-0.3, -0.25) is 10.00 Å². The topological polar surface area (TPSA) is 50.2 Å². The molecule has 0 bridgehead atoms. The zero-order valence-electron chi connectivity index (χ0n) is 14.8. The van der Waals surface area contributed by atoms with Crippen LogP contribution in [0.5, 0.6) is 0 Å². The number of rotatable bonds is 6. The van der Waals surface area contributed by atoms with Crippen molar-refractivity contribution in [3.63, 3.8) is 0 Å². The first-order valence-corrected chi connectivity index (χ1v) is 9.90. The summed E-state index contributed by atoms with van der Waals surface area (Å²) < 4.78 is 2.05. The summed E-state index contributed by atoms with van der Waals surface area (Å²) in [4.78, 5) is 14.9. The van der Waals surface area contributed by atoms with Gasteiger partial charge in [-0.15, -0.1) is 0 Å². The number of hydrogen-bond donors (Lipinski definition) is 1. The number of urea groups is 1. The van der Waals surface area contributed by atoms with Crippen LogP contribution in [0.4, 0.5) is 10.6 Å². The van der Waals surface area contributed by atoms with Crippen LogP contribution in [0, 0.1) is 5.92 Å². The molecule has 5 nitrogen and oxygen atoms in total. The Morgan fingerprint density at radius 1 is 1.21 bits per heavy atom. The molecule has 24 heavy (non-hydrogen) atoms. The van der Waals surface area contributed by atoms with Crippen molar-refractivity contribution in [2.24, 2.45) is 5.92 Å². The lowest BCUT2D eigenvalue weighted by Crippen LogP contribution is -2.40. The van der Waals surface area contributed by atoms with E-state index in [2.05, 4.69) is 33.0 Å². The summed E-state index contributed by atoms with van der Waals surface area (Å²) >= 11 is 0. The molecular formula is C19H30N4O. The number of aryl methyl sites for hydroxylation is 1. The smallest absolute Gasteiger partial charge is 0.321 e. The van der Waals surface area contributed by atoms with Crippen molar-refractivity contribution in [2.75, 3.05) is 11.9 Å². The standard InChI is InChI=1S/C19H30N4O/c1-2-23-17(15-8-9-15)12-18(21-23)20-19(24)22(16-10-11-16)13-14-6-4-3-5-7-14/h12,14-16H,2-11,13H2,1H3,(H,20,21,24). The SMILES string of the molecule is CCn1nc(NC(=O)N(CC2CCCCC2)C2CC2)cc1C1CC1. The van der Waals surface area contributed by atoms with Gasteiger partial charge in [0.05, 0.1) is 0 Å². The van der Waals surface area contributed by atoms with Crippen molar-refractivity contribution < 1.29 is 4.79 Å². The van der Waals surface area contributed by atoms with Crippen LogP contribution in [0.25, 0.3) is 0 Å². The second-order valence-electron chi connectivity index (χ2n) is 7.86. The third-order valence-electron chi connectivity index (χ3n) is 5.77. The first-order valence-electron chi connectivity index (χ1n) is 9.90. The lowest BCUT2D eigenvalue weighted by Gasteiger charge is -2.29. The largest absolute Gasteiger partial charge is 0.323 e. The van der Waals surface area contributed by atoms with E-state index in [0.717, 1.165) is 31.7 Å². The molecule has 132 valence electrons. The molecule has 0 aliphatic heterocycles. The lowest BCUT2D eigenvalue weighted by molar-refractivity contribution is 0.186. The third kappa shape index (κ3) is 3.60. The summed E-state index contributed by atoms with van der Waals surface area (Å²) in [6.07, 6.45) is 11.4. The summed E-state index contributed by atoms with van der Waals surface area (Å²) in [5.41, 5.74) is 1.29. The number of amides is 2. The zero-order chi connectivity index (χ0) is 16.5. The number of anilines is 1. The molecule has 0 aromatic carbocycles. The predicted molar refractivity (Wildman–Crippen MR) is 95.2 cm³/mol. The molecular weight excluding hydrogens is 300 g/mol. The first kappa shape index (κ1) is 16.0. The van der Waals surface area contributed by atoms with Gasteiger partial charge in [-0.2, -0.15) is 5.10 Å². The van der Waals surface area contributed by atoms with E-state index >= 15 is 0 Å². The van der Waals surface area contributed by atoms with Crippen LogP contribution < -0.4 is 5.32 Å². The highest BCUT2D eigenvalue weighted by molar-refractivity contribution is 5.88. The second kappa shape index (κ2) is 6.77. The van der Waals surface area contributed by atoms with Gasteiger partial charge in [0.1, 0.15) is 0 Å². The Bertz CT molecular complexity index is 582. The maximum absolute atomic E-state index is 12.8. The van der Waals surface area contributed by atoms with Crippen molar-refractivity contribution in [3.05, 3.63) is 11.8 Å². The van der Waals surface area contributed by atoms with E-state index in [4.69, 9.17) is 0 Å². The van der Waals surface area contributed by atoms with Crippen molar-refractivity contribution in [3.8, 4) is 0 Å². The highest BCUT2D eigenvalue weighted by Gasteiger charge is 2.35. The van der Waals surface area contributed by atoms with E-state index in [1.54, 1.807) is 0 Å². The molecule has 4 rings (SSSR count). The van der Waals surface area contributed by atoms with E-state index in [1.807, 2.05) is 0 Å². The summed E-state index contributed by atoms with van der Waals surface area (Å²) in [5, 5.41) is 7.68. The number of hydrogen-bond acceptors (Lipinski definition) is 2. The Kier molecular flexibility index (Phi) is 4.51. The maximum Gasteiger partial charge on any atom is 0.323 e. The molecule has 3 fully saturated rings. The van der Waals surface area contributed by atoms with Crippen LogP contribution in [0.3, 0.4) is 0 Å². The predicted octanol–water partition coefficient (Wildman–Crippen LogP) is 4.36. The molecule has 0 atom stereocenters. The van der Waals surface area contributed by atoms with Crippen molar-refractivity contribution in [1.29, 1.82) is 0 Å². The molecule has 0 saturated heterocycles. The quantitative estimate of drug-likeness (QED) is 0.842. The number of nitrogens with one attached hydrogen (secondary N) is 1. The fourth-order valence-electron chi connectivity index (χ4n) is 4.07. The lowest BCUT2D eigenvalue weighted by atomic mass is 9.89. The molecule has 5 heteroatoms. The molecule has 1 heterocycles. The number of carbonyl (C=O) groups is 1. The van der Waals surface area contributed by atoms with Crippen LogP contribution in [-0.4, -0.2) is 33.3 Å². The van der Waals surface area contributed by atoms with Crippen LogP contribution >= 0.6 is 0 Å². The van der Waals surface area contributed by atoms with Gasteiger partial charge in [0.15, 0.2) is 5.82 Å². The molecule has 0 radical (unpaired) electrons. The Hall–Kier alpha value is -1.52. The molecule has 1 aromatic rings. The van der Waals surface area contributed by atoms with Gasteiger partial charge in [0.2, 0.25) is 0 Å². The average Bonchev–Trinajstić information content (AvgIpc) is 3.51. The zero-order valence-corrected chi connectivity index (χ0v) is 14.8. The Labute approximate surface area is 144 Å². The van der Waals surface area contributed by atoms with Gasteiger partial charge < -0.3 is 4.90 Å². The van der Waals surface area contributed by atoms with Crippen LogP contribution in [0.2, 0.25) is 0 Å². The molecule has 0 unspecified atom stereocenters. The van der Waals surface area contributed by atoms with E-state index in [9.17, 15) is 4.79 Å². The summed E-state index contributed by atoms with van der Waals surface area (Å²) in [6.45, 7) is 3.92. The summed E-state index contributed by atoms with van der Waals surface area (Å²) in [5.74, 6) is 2.09.